The molecule has 0 amide bonds. The van der Waals surface area contributed by atoms with E-state index in [4.69, 9.17) is 4.74 Å². The summed E-state index contributed by atoms with van der Waals surface area (Å²) >= 11 is 0. The van der Waals surface area contributed by atoms with Crippen molar-refractivity contribution in [2.45, 2.75) is 63.5 Å². The van der Waals surface area contributed by atoms with Gasteiger partial charge in [-0.3, -0.25) is 0 Å². The van der Waals surface area contributed by atoms with Gasteiger partial charge in [-0.05, 0) is 64.6 Å². The predicted molar refractivity (Wildman–Crippen MR) is 71.3 cm³/mol. The average Bonchev–Trinajstić information content (AvgIpc) is 2.88. The molecule has 2 unspecified atom stereocenters. The van der Waals surface area contributed by atoms with Crippen LogP contribution in [0.5, 0.6) is 0 Å². The highest BCUT2D eigenvalue weighted by Gasteiger charge is 2.14. The van der Waals surface area contributed by atoms with Gasteiger partial charge in [-0.25, -0.2) is 0 Å². The number of ether oxygens (including phenoxy) is 1. The van der Waals surface area contributed by atoms with Gasteiger partial charge in [0.1, 0.15) is 0 Å². The third kappa shape index (κ3) is 5.36. The maximum atomic E-state index is 5.60. The predicted octanol–water partition coefficient (Wildman–Crippen LogP) is 2.07. The van der Waals surface area contributed by atoms with Crippen molar-refractivity contribution in [3.63, 3.8) is 0 Å². The lowest BCUT2D eigenvalue weighted by molar-refractivity contribution is 0.104. The summed E-state index contributed by atoms with van der Waals surface area (Å²) in [5, 5.41) is 7.15. The van der Waals surface area contributed by atoms with Gasteiger partial charge in [0.15, 0.2) is 0 Å². The molecule has 2 atom stereocenters. The highest BCUT2D eigenvalue weighted by atomic mass is 16.5. The molecule has 2 saturated heterocycles. The molecule has 2 N–H and O–H groups in total. The summed E-state index contributed by atoms with van der Waals surface area (Å²) in [5.74, 6) is 0. The molecule has 3 heteroatoms. The fourth-order valence-electron chi connectivity index (χ4n) is 2.90. The van der Waals surface area contributed by atoms with Crippen molar-refractivity contribution in [2.24, 2.45) is 0 Å². The van der Waals surface area contributed by atoms with Crippen molar-refractivity contribution < 1.29 is 4.74 Å². The van der Waals surface area contributed by atoms with E-state index in [0.717, 1.165) is 19.2 Å². The summed E-state index contributed by atoms with van der Waals surface area (Å²) in [6.45, 7) is 4.52. The molecule has 3 nitrogen and oxygen atoms in total. The Morgan fingerprint density at radius 2 is 2.06 bits per heavy atom. The zero-order valence-corrected chi connectivity index (χ0v) is 11.0. The number of piperidine rings is 1. The second-order valence-corrected chi connectivity index (χ2v) is 5.46. The average molecular weight is 240 g/mol. The van der Waals surface area contributed by atoms with Crippen LogP contribution >= 0.6 is 0 Å². The van der Waals surface area contributed by atoms with Gasteiger partial charge in [0.2, 0.25) is 0 Å². The van der Waals surface area contributed by atoms with Gasteiger partial charge in [0, 0.05) is 12.6 Å². The SMILES string of the molecule is C1CCC(CCCNCCC2CCCO2)NC1. The minimum atomic E-state index is 0.544. The molecule has 2 heterocycles. The minimum absolute atomic E-state index is 0.544. The second-order valence-electron chi connectivity index (χ2n) is 5.46. The molecule has 100 valence electrons. The van der Waals surface area contributed by atoms with Gasteiger partial charge in [-0.1, -0.05) is 6.42 Å². The lowest BCUT2D eigenvalue weighted by atomic mass is 10.0. The van der Waals surface area contributed by atoms with E-state index in [1.165, 1.54) is 64.5 Å². The van der Waals surface area contributed by atoms with E-state index in [-0.39, 0.29) is 0 Å². The number of nitrogens with one attached hydrogen (secondary N) is 2. The topological polar surface area (TPSA) is 33.3 Å². The van der Waals surface area contributed by atoms with Gasteiger partial charge in [0.05, 0.1) is 6.10 Å². The van der Waals surface area contributed by atoms with Gasteiger partial charge >= 0.3 is 0 Å². The molecule has 2 fully saturated rings. The Morgan fingerprint density at radius 1 is 1.06 bits per heavy atom. The third-order valence-corrected chi connectivity index (χ3v) is 3.99. The third-order valence-electron chi connectivity index (χ3n) is 3.99. The molecule has 0 spiro atoms. The van der Waals surface area contributed by atoms with E-state index in [9.17, 15) is 0 Å². The standard InChI is InChI=1S/C14H28N2O/c1-2-10-16-13(5-1)6-3-9-15-11-8-14-7-4-12-17-14/h13-16H,1-12H2. The van der Waals surface area contributed by atoms with E-state index >= 15 is 0 Å². The zero-order valence-electron chi connectivity index (χ0n) is 11.0. The van der Waals surface area contributed by atoms with E-state index < -0.39 is 0 Å². The molecular weight excluding hydrogens is 212 g/mol. The van der Waals surface area contributed by atoms with Crippen LogP contribution in [0.2, 0.25) is 0 Å². The van der Waals surface area contributed by atoms with Crippen LogP contribution in [0.15, 0.2) is 0 Å². The summed E-state index contributed by atoms with van der Waals surface area (Å²) in [6, 6.07) is 0.795. The highest BCUT2D eigenvalue weighted by molar-refractivity contribution is 4.72. The summed E-state index contributed by atoms with van der Waals surface area (Å²) < 4.78 is 5.60. The zero-order chi connectivity index (χ0) is 11.8. The molecule has 2 aliphatic heterocycles. The Hall–Kier alpha value is -0.120. The molecule has 0 aromatic carbocycles. The maximum Gasteiger partial charge on any atom is 0.0588 e. The van der Waals surface area contributed by atoms with Crippen molar-refractivity contribution in [2.75, 3.05) is 26.2 Å². The fraction of sp³-hybridized carbons (Fsp3) is 1.00. The second kappa shape index (κ2) is 8.06. The van der Waals surface area contributed by atoms with Gasteiger partial charge in [-0.2, -0.15) is 0 Å². The van der Waals surface area contributed by atoms with Gasteiger partial charge in [-0.15, -0.1) is 0 Å². The molecule has 17 heavy (non-hydrogen) atoms. The lowest BCUT2D eigenvalue weighted by Crippen LogP contribution is -2.34. The summed E-state index contributed by atoms with van der Waals surface area (Å²) in [4.78, 5) is 0. The molecule has 0 saturated carbocycles. The number of hydrogen-bond donors (Lipinski definition) is 2. The van der Waals surface area contributed by atoms with Crippen molar-refractivity contribution >= 4 is 0 Å². The summed E-state index contributed by atoms with van der Waals surface area (Å²) in [5.41, 5.74) is 0. The smallest absolute Gasteiger partial charge is 0.0588 e. The highest BCUT2D eigenvalue weighted by Crippen LogP contribution is 2.14. The van der Waals surface area contributed by atoms with E-state index in [2.05, 4.69) is 10.6 Å². The molecule has 0 radical (unpaired) electrons. The van der Waals surface area contributed by atoms with Crippen LogP contribution in [0, 0.1) is 0 Å². The number of rotatable bonds is 7. The van der Waals surface area contributed by atoms with Gasteiger partial charge in [0.25, 0.3) is 0 Å². The molecule has 0 aliphatic carbocycles. The summed E-state index contributed by atoms with van der Waals surface area (Å²) in [6.07, 6.45) is 11.1. The monoisotopic (exact) mass is 240 g/mol. The molecule has 2 rings (SSSR count). The van der Waals surface area contributed by atoms with Gasteiger partial charge < -0.3 is 15.4 Å². The quantitative estimate of drug-likeness (QED) is 0.668. The maximum absolute atomic E-state index is 5.60. The lowest BCUT2D eigenvalue weighted by Gasteiger charge is -2.23. The van der Waals surface area contributed by atoms with Crippen molar-refractivity contribution in [1.82, 2.24) is 10.6 Å². The van der Waals surface area contributed by atoms with Crippen molar-refractivity contribution in [3.8, 4) is 0 Å². The Morgan fingerprint density at radius 3 is 2.82 bits per heavy atom. The van der Waals surface area contributed by atoms with Crippen molar-refractivity contribution in [3.05, 3.63) is 0 Å². The Kier molecular flexibility index (Phi) is 6.32. The molecule has 0 aromatic heterocycles. The Bertz CT molecular complexity index is 187. The largest absolute Gasteiger partial charge is 0.378 e. The van der Waals surface area contributed by atoms with E-state index in [1.54, 1.807) is 0 Å². The van der Waals surface area contributed by atoms with Crippen LogP contribution in [0.1, 0.15) is 51.4 Å². The van der Waals surface area contributed by atoms with E-state index in [0.29, 0.717) is 6.10 Å². The Balaban J connectivity index is 1.38. The minimum Gasteiger partial charge on any atom is -0.378 e. The van der Waals surface area contributed by atoms with Crippen LogP contribution in [-0.4, -0.2) is 38.4 Å². The normalized spacial score (nSPS) is 29.6. The Labute approximate surface area is 106 Å². The van der Waals surface area contributed by atoms with Crippen LogP contribution < -0.4 is 10.6 Å². The van der Waals surface area contributed by atoms with Crippen LogP contribution in [-0.2, 0) is 4.74 Å². The molecule has 0 aromatic rings. The van der Waals surface area contributed by atoms with Crippen LogP contribution in [0.4, 0.5) is 0 Å². The number of hydrogen-bond acceptors (Lipinski definition) is 3. The molecular formula is C14H28N2O. The first kappa shape index (κ1) is 13.3. The van der Waals surface area contributed by atoms with Crippen LogP contribution in [0.3, 0.4) is 0 Å². The first-order valence-corrected chi connectivity index (χ1v) is 7.51. The summed E-state index contributed by atoms with van der Waals surface area (Å²) in [7, 11) is 0. The first-order valence-electron chi connectivity index (χ1n) is 7.51. The van der Waals surface area contributed by atoms with E-state index in [1.807, 2.05) is 0 Å². The first-order chi connectivity index (χ1) is 8.45. The molecule has 0 bridgehead atoms. The van der Waals surface area contributed by atoms with Crippen LogP contribution in [0.25, 0.3) is 0 Å². The fourth-order valence-corrected chi connectivity index (χ4v) is 2.90. The van der Waals surface area contributed by atoms with Crippen molar-refractivity contribution in [1.29, 1.82) is 0 Å². The molecule has 2 aliphatic rings.